The van der Waals surface area contributed by atoms with Crippen LogP contribution in [0.2, 0.25) is 5.02 Å². The Morgan fingerprint density at radius 1 is 1.26 bits per heavy atom. The molecule has 0 radical (unpaired) electrons. The number of carbonyl (C=O) groups is 1. The monoisotopic (exact) mass is 352 g/mol. The van der Waals surface area contributed by atoms with Gasteiger partial charge in [0.25, 0.3) is 0 Å². The van der Waals surface area contributed by atoms with Gasteiger partial charge in [0.1, 0.15) is 5.82 Å². The Labute approximate surface area is 144 Å². The van der Waals surface area contributed by atoms with Crippen LogP contribution in [0.25, 0.3) is 0 Å². The van der Waals surface area contributed by atoms with Crippen LogP contribution >= 0.6 is 23.4 Å². The molecule has 2 aromatic carbocycles. The Morgan fingerprint density at radius 3 is 2.70 bits per heavy atom. The van der Waals surface area contributed by atoms with Gasteiger partial charge in [-0.2, -0.15) is 0 Å². The zero-order chi connectivity index (χ0) is 16.7. The molecule has 23 heavy (non-hydrogen) atoms. The van der Waals surface area contributed by atoms with Crippen molar-refractivity contribution >= 4 is 35.0 Å². The van der Waals surface area contributed by atoms with Crippen molar-refractivity contribution in [3.05, 3.63) is 59.4 Å². The van der Waals surface area contributed by atoms with Gasteiger partial charge in [0.15, 0.2) is 0 Å². The minimum atomic E-state index is -0.365. The fourth-order valence-corrected chi connectivity index (χ4v) is 3.03. The lowest BCUT2D eigenvalue weighted by Crippen LogP contribution is -2.31. The fraction of sp³-hybridized carbons (Fsp3) is 0.235. The van der Waals surface area contributed by atoms with E-state index in [1.807, 2.05) is 36.2 Å². The topological polar surface area (TPSA) is 32.3 Å². The molecule has 0 aliphatic rings. The lowest BCUT2D eigenvalue weighted by atomic mass is 10.3. The first-order chi connectivity index (χ1) is 11.0. The number of thioether (sulfide) groups is 1. The summed E-state index contributed by atoms with van der Waals surface area (Å²) in [5.41, 5.74) is 0.471. The Balaban J connectivity index is 1.70. The molecule has 0 fully saturated rings. The van der Waals surface area contributed by atoms with Gasteiger partial charge in [-0.25, -0.2) is 4.39 Å². The van der Waals surface area contributed by atoms with Gasteiger partial charge < -0.3 is 5.32 Å². The van der Waals surface area contributed by atoms with E-state index < -0.39 is 0 Å². The normalized spacial score (nSPS) is 10.8. The van der Waals surface area contributed by atoms with Gasteiger partial charge in [-0.05, 0) is 49.5 Å². The molecule has 0 saturated carbocycles. The molecule has 122 valence electrons. The number of rotatable bonds is 7. The van der Waals surface area contributed by atoms with Crippen LogP contribution in [0.5, 0.6) is 0 Å². The molecule has 0 saturated heterocycles. The molecule has 0 aromatic heterocycles. The lowest BCUT2D eigenvalue weighted by Gasteiger charge is -2.16. The second-order valence-electron chi connectivity index (χ2n) is 5.10. The maximum Gasteiger partial charge on any atom is 0.238 e. The highest BCUT2D eigenvalue weighted by Gasteiger charge is 2.07. The minimum absolute atomic E-state index is 0.158. The third kappa shape index (κ3) is 6.60. The SMILES string of the molecule is CN(CCSc1ccc(Cl)cc1)CC(=O)Nc1cccc(F)c1. The second kappa shape index (κ2) is 8.91. The summed E-state index contributed by atoms with van der Waals surface area (Å²) < 4.78 is 13.1. The number of benzene rings is 2. The van der Waals surface area contributed by atoms with Gasteiger partial charge in [0.2, 0.25) is 5.91 Å². The van der Waals surface area contributed by atoms with Crippen LogP contribution in [0.1, 0.15) is 0 Å². The molecule has 6 heteroatoms. The highest BCUT2D eigenvalue weighted by Crippen LogP contribution is 2.20. The van der Waals surface area contributed by atoms with Gasteiger partial charge in [-0.1, -0.05) is 17.7 Å². The van der Waals surface area contributed by atoms with Crippen LogP contribution in [0.3, 0.4) is 0 Å². The van der Waals surface area contributed by atoms with Crippen molar-refractivity contribution in [2.45, 2.75) is 4.90 Å². The Kier molecular flexibility index (Phi) is 6.89. The summed E-state index contributed by atoms with van der Waals surface area (Å²) in [6, 6.07) is 13.5. The molecule has 0 spiro atoms. The van der Waals surface area contributed by atoms with Crippen molar-refractivity contribution in [3.63, 3.8) is 0 Å². The zero-order valence-electron chi connectivity index (χ0n) is 12.8. The average molecular weight is 353 g/mol. The predicted molar refractivity (Wildman–Crippen MR) is 94.7 cm³/mol. The zero-order valence-corrected chi connectivity index (χ0v) is 14.3. The maximum absolute atomic E-state index is 13.1. The lowest BCUT2D eigenvalue weighted by molar-refractivity contribution is -0.117. The van der Waals surface area contributed by atoms with E-state index in [1.54, 1.807) is 23.9 Å². The van der Waals surface area contributed by atoms with Gasteiger partial charge in [-0.15, -0.1) is 11.8 Å². The first-order valence-electron chi connectivity index (χ1n) is 7.15. The van der Waals surface area contributed by atoms with E-state index in [4.69, 9.17) is 11.6 Å². The average Bonchev–Trinajstić information content (AvgIpc) is 2.49. The third-order valence-electron chi connectivity index (χ3n) is 3.08. The minimum Gasteiger partial charge on any atom is -0.325 e. The molecular weight excluding hydrogens is 335 g/mol. The summed E-state index contributed by atoms with van der Waals surface area (Å²) in [7, 11) is 1.88. The van der Waals surface area contributed by atoms with E-state index in [-0.39, 0.29) is 18.3 Å². The molecule has 1 N–H and O–H groups in total. The number of hydrogen-bond donors (Lipinski definition) is 1. The van der Waals surface area contributed by atoms with Crippen LogP contribution in [-0.2, 0) is 4.79 Å². The summed E-state index contributed by atoms with van der Waals surface area (Å²) in [5.74, 6) is 0.343. The van der Waals surface area contributed by atoms with E-state index >= 15 is 0 Å². The molecule has 0 bridgehead atoms. The van der Waals surface area contributed by atoms with Gasteiger partial charge >= 0.3 is 0 Å². The van der Waals surface area contributed by atoms with Crippen LogP contribution in [0.4, 0.5) is 10.1 Å². The van der Waals surface area contributed by atoms with E-state index in [0.717, 1.165) is 22.2 Å². The summed E-state index contributed by atoms with van der Waals surface area (Å²) in [6.45, 7) is 1.03. The molecule has 0 aliphatic carbocycles. The number of hydrogen-bond acceptors (Lipinski definition) is 3. The van der Waals surface area contributed by atoms with Crippen LogP contribution in [0, 0.1) is 5.82 Å². The number of likely N-dealkylation sites (N-methyl/N-ethyl adjacent to an activating group) is 1. The molecule has 0 atom stereocenters. The van der Waals surface area contributed by atoms with Crippen molar-refractivity contribution in [1.29, 1.82) is 0 Å². The number of amides is 1. The van der Waals surface area contributed by atoms with Crippen molar-refractivity contribution in [2.75, 3.05) is 31.2 Å². The van der Waals surface area contributed by atoms with Crippen LogP contribution in [-0.4, -0.2) is 36.7 Å². The first-order valence-corrected chi connectivity index (χ1v) is 8.51. The fourth-order valence-electron chi connectivity index (χ4n) is 1.94. The summed E-state index contributed by atoms with van der Waals surface area (Å²) in [4.78, 5) is 15.0. The smallest absolute Gasteiger partial charge is 0.238 e. The predicted octanol–water partition coefficient (Wildman–Crippen LogP) is 4.14. The molecular formula is C17H18ClFN2OS. The van der Waals surface area contributed by atoms with Crippen molar-refractivity contribution in [3.8, 4) is 0 Å². The number of nitrogens with zero attached hydrogens (tertiary/aromatic N) is 1. The van der Waals surface area contributed by atoms with Crippen molar-refractivity contribution in [2.24, 2.45) is 0 Å². The maximum atomic E-state index is 13.1. The second-order valence-corrected chi connectivity index (χ2v) is 6.70. The third-order valence-corrected chi connectivity index (χ3v) is 4.32. The summed E-state index contributed by atoms with van der Waals surface area (Å²) in [5, 5.41) is 3.41. The van der Waals surface area contributed by atoms with E-state index in [1.165, 1.54) is 12.1 Å². The Morgan fingerprint density at radius 2 is 2.00 bits per heavy atom. The quantitative estimate of drug-likeness (QED) is 0.760. The van der Waals surface area contributed by atoms with E-state index in [9.17, 15) is 9.18 Å². The number of carbonyl (C=O) groups excluding carboxylic acids is 1. The van der Waals surface area contributed by atoms with E-state index in [0.29, 0.717) is 5.69 Å². The Hall–Kier alpha value is -1.56. The number of halogens is 2. The molecule has 0 unspecified atom stereocenters. The molecule has 2 rings (SSSR count). The Bertz CT molecular complexity index is 651. The van der Waals surface area contributed by atoms with Gasteiger partial charge in [0.05, 0.1) is 6.54 Å². The van der Waals surface area contributed by atoms with Crippen LogP contribution in [0.15, 0.2) is 53.4 Å². The van der Waals surface area contributed by atoms with Crippen LogP contribution < -0.4 is 5.32 Å². The van der Waals surface area contributed by atoms with Gasteiger partial charge in [-0.3, -0.25) is 9.69 Å². The number of anilines is 1. The van der Waals surface area contributed by atoms with Gasteiger partial charge in [0, 0.05) is 27.9 Å². The van der Waals surface area contributed by atoms with Crippen molar-refractivity contribution in [1.82, 2.24) is 4.90 Å². The first kappa shape index (κ1) is 17.8. The van der Waals surface area contributed by atoms with Crippen molar-refractivity contribution < 1.29 is 9.18 Å². The van der Waals surface area contributed by atoms with E-state index in [2.05, 4.69) is 5.32 Å². The highest BCUT2D eigenvalue weighted by molar-refractivity contribution is 7.99. The molecule has 2 aromatic rings. The summed E-state index contributed by atoms with van der Waals surface area (Å²) >= 11 is 7.55. The molecule has 1 amide bonds. The number of nitrogens with one attached hydrogen (secondary N) is 1. The highest BCUT2D eigenvalue weighted by atomic mass is 35.5. The molecule has 3 nitrogen and oxygen atoms in total. The standard InChI is InChI=1S/C17H18ClFN2OS/c1-21(9-10-23-16-7-5-13(18)6-8-16)12-17(22)20-15-4-2-3-14(19)11-15/h2-8,11H,9-10,12H2,1H3,(H,20,22). The molecule has 0 aliphatic heterocycles. The largest absolute Gasteiger partial charge is 0.325 e. The molecule has 0 heterocycles. The summed E-state index contributed by atoms with van der Waals surface area (Å²) in [6.07, 6.45) is 0.